The fourth-order valence-electron chi connectivity index (χ4n) is 3.12. The molecule has 2 amide bonds. The van der Waals surface area contributed by atoms with Crippen molar-refractivity contribution in [2.24, 2.45) is 0 Å². The van der Waals surface area contributed by atoms with E-state index < -0.39 is 11.8 Å². The van der Waals surface area contributed by atoms with E-state index in [1.807, 2.05) is 19.1 Å². The van der Waals surface area contributed by atoms with Gasteiger partial charge in [-0.3, -0.25) is 19.4 Å². The molecule has 0 unspecified atom stereocenters. The Kier molecular flexibility index (Phi) is 7.48. The molecule has 7 nitrogen and oxygen atoms in total. The van der Waals surface area contributed by atoms with Gasteiger partial charge in [-0.05, 0) is 71.6 Å². The van der Waals surface area contributed by atoms with Crippen LogP contribution in [0.2, 0.25) is 0 Å². The van der Waals surface area contributed by atoms with E-state index in [4.69, 9.17) is 21.7 Å². The van der Waals surface area contributed by atoms with E-state index in [0.717, 1.165) is 9.13 Å². The first-order valence-corrected chi connectivity index (χ1v) is 11.2. The number of benzene rings is 2. The van der Waals surface area contributed by atoms with E-state index in [1.165, 1.54) is 30.0 Å². The van der Waals surface area contributed by atoms with Crippen LogP contribution in [0.25, 0.3) is 6.08 Å². The van der Waals surface area contributed by atoms with E-state index >= 15 is 0 Å². The molecule has 0 aliphatic carbocycles. The molecular weight excluding hydrogens is 541 g/mol. The van der Waals surface area contributed by atoms with Gasteiger partial charge in [0, 0.05) is 19.7 Å². The zero-order valence-corrected chi connectivity index (χ0v) is 20.7. The van der Waals surface area contributed by atoms with Crippen LogP contribution in [0, 0.1) is 14.9 Å². The van der Waals surface area contributed by atoms with Gasteiger partial charge in [0.2, 0.25) is 0 Å². The molecule has 0 N–H and O–H groups in total. The molecule has 1 aliphatic heterocycles. The van der Waals surface area contributed by atoms with Crippen LogP contribution in [-0.4, -0.2) is 47.4 Å². The highest BCUT2D eigenvalue weighted by Gasteiger charge is 2.35. The summed E-state index contributed by atoms with van der Waals surface area (Å²) in [5, 5.41) is 9.45. The number of thiocarbonyl (C=S) groups is 1. The van der Waals surface area contributed by atoms with Crippen LogP contribution in [0.5, 0.6) is 11.5 Å². The second-order valence-corrected chi connectivity index (χ2v) is 8.42. The monoisotopic (exact) mass is 561 g/mol. The maximum Gasteiger partial charge on any atom is 0.265 e. The molecule has 2 aromatic rings. The second kappa shape index (κ2) is 10.1. The largest absolute Gasteiger partial charge is 0.490 e. The Balaban J connectivity index is 1.96. The van der Waals surface area contributed by atoms with Crippen LogP contribution in [0.15, 0.2) is 42.0 Å². The van der Waals surface area contributed by atoms with Crippen molar-refractivity contribution in [2.75, 3.05) is 20.7 Å². The molecule has 9 heteroatoms. The number of carbonyl (C=O) groups is 2. The molecule has 32 heavy (non-hydrogen) atoms. The van der Waals surface area contributed by atoms with Gasteiger partial charge in [0.05, 0.1) is 21.8 Å². The smallest absolute Gasteiger partial charge is 0.265 e. The molecule has 0 atom stereocenters. The van der Waals surface area contributed by atoms with Crippen molar-refractivity contribution in [3.63, 3.8) is 0 Å². The zero-order chi connectivity index (χ0) is 23.4. The molecular formula is C23H20IN3O4S. The third-order valence-corrected chi connectivity index (χ3v) is 6.15. The number of halogens is 1. The van der Waals surface area contributed by atoms with Crippen LogP contribution < -0.4 is 9.47 Å². The standard InChI is InChI=1S/C23H20IN3O4S/c1-4-30-19-11-14(9-17-21(28)26(2)23(32)27(3)22(17)29)10-18(24)20(19)31-13-16-8-6-5-7-15(16)12-25/h5-11H,4,13H2,1-3H3. The first-order chi connectivity index (χ1) is 15.3. The average Bonchev–Trinajstić information content (AvgIpc) is 2.79. The molecule has 0 aromatic heterocycles. The number of rotatable bonds is 6. The highest BCUT2D eigenvalue weighted by molar-refractivity contribution is 14.1. The van der Waals surface area contributed by atoms with Gasteiger partial charge < -0.3 is 9.47 Å². The lowest BCUT2D eigenvalue weighted by Gasteiger charge is -2.31. The quantitative estimate of drug-likeness (QED) is 0.232. The molecule has 1 fully saturated rings. The summed E-state index contributed by atoms with van der Waals surface area (Å²) in [5.74, 6) is 0.0895. The molecule has 0 saturated carbocycles. The average molecular weight is 561 g/mol. The van der Waals surface area contributed by atoms with Crippen molar-refractivity contribution in [2.45, 2.75) is 13.5 Å². The van der Waals surface area contributed by atoms with Gasteiger partial charge in [-0.1, -0.05) is 18.2 Å². The van der Waals surface area contributed by atoms with Crippen LogP contribution in [0.4, 0.5) is 0 Å². The first kappa shape index (κ1) is 23.7. The van der Waals surface area contributed by atoms with Gasteiger partial charge in [0.15, 0.2) is 16.6 Å². The van der Waals surface area contributed by atoms with Crippen molar-refractivity contribution in [1.82, 2.24) is 9.80 Å². The minimum absolute atomic E-state index is 0.0125. The lowest BCUT2D eigenvalue weighted by atomic mass is 10.1. The highest BCUT2D eigenvalue weighted by Crippen LogP contribution is 2.36. The van der Waals surface area contributed by atoms with Gasteiger partial charge >= 0.3 is 0 Å². The fourth-order valence-corrected chi connectivity index (χ4v) is 4.07. The number of nitrogens with zero attached hydrogens (tertiary/aromatic N) is 3. The topological polar surface area (TPSA) is 82.9 Å². The van der Waals surface area contributed by atoms with Gasteiger partial charge in [0.1, 0.15) is 12.2 Å². The number of ether oxygens (including phenoxy) is 2. The Morgan fingerprint density at radius 2 is 1.78 bits per heavy atom. The molecule has 0 spiro atoms. The molecule has 2 aromatic carbocycles. The normalized spacial score (nSPS) is 13.8. The first-order valence-electron chi connectivity index (χ1n) is 9.67. The van der Waals surface area contributed by atoms with E-state index in [1.54, 1.807) is 24.3 Å². The summed E-state index contributed by atoms with van der Waals surface area (Å²) in [5.41, 5.74) is 1.94. The molecule has 3 rings (SSSR count). The van der Waals surface area contributed by atoms with Crippen LogP contribution in [-0.2, 0) is 16.2 Å². The van der Waals surface area contributed by atoms with Gasteiger partial charge in [-0.25, -0.2) is 0 Å². The number of amides is 2. The summed E-state index contributed by atoms with van der Waals surface area (Å²) < 4.78 is 12.5. The van der Waals surface area contributed by atoms with Crippen molar-refractivity contribution >= 4 is 57.8 Å². The Bertz CT molecular complexity index is 1150. The fraction of sp³-hybridized carbons (Fsp3) is 0.217. The lowest BCUT2D eigenvalue weighted by molar-refractivity contribution is -0.132. The van der Waals surface area contributed by atoms with Crippen LogP contribution in [0.1, 0.15) is 23.6 Å². The molecule has 0 bridgehead atoms. The predicted molar refractivity (Wildman–Crippen MR) is 132 cm³/mol. The maximum atomic E-state index is 12.6. The maximum absolute atomic E-state index is 12.6. The van der Waals surface area contributed by atoms with Crippen molar-refractivity contribution in [1.29, 1.82) is 5.26 Å². The number of carbonyl (C=O) groups excluding carboxylic acids is 2. The van der Waals surface area contributed by atoms with Gasteiger partial charge in [-0.2, -0.15) is 5.26 Å². The summed E-state index contributed by atoms with van der Waals surface area (Å²) >= 11 is 7.25. The number of nitriles is 1. The van der Waals surface area contributed by atoms with E-state index in [0.29, 0.717) is 29.2 Å². The van der Waals surface area contributed by atoms with Crippen molar-refractivity contribution in [3.05, 3.63) is 62.2 Å². The van der Waals surface area contributed by atoms with Crippen molar-refractivity contribution < 1.29 is 19.1 Å². The summed E-state index contributed by atoms with van der Waals surface area (Å²) in [4.78, 5) is 27.8. The number of likely N-dealkylation sites (N-methyl/N-ethyl adjacent to an activating group) is 2. The summed E-state index contributed by atoms with van der Waals surface area (Å²) in [6, 6.07) is 12.9. The third-order valence-electron chi connectivity index (χ3n) is 4.80. The zero-order valence-electron chi connectivity index (χ0n) is 17.7. The van der Waals surface area contributed by atoms with Gasteiger partial charge in [0.25, 0.3) is 11.8 Å². The number of hydrogen-bond donors (Lipinski definition) is 0. The van der Waals surface area contributed by atoms with Gasteiger partial charge in [-0.15, -0.1) is 0 Å². The minimum atomic E-state index is -0.459. The summed E-state index contributed by atoms with van der Waals surface area (Å²) in [7, 11) is 3.07. The third kappa shape index (κ3) is 4.76. The highest BCUT2D eigenvalue weighted by atomic mass is 127. The van der Waals surface area contributed by atoms with E-state index in [-0.39, 0.29) is 17.3 Å². The van der Waals surface area contributed by atoms with Crippen molar-refractivity contribution in [3.8, 4) is 17.6 Å². The Labute approximate surface area is 205 Å². The van der Waals surface area contributed by atoms with E-state index in [9.17, 15) is 14.9 Å². The Morgan fingerprint density at radius 1 is 1.12 bits per heavy atom. The molecule has 0 radical (unpaired) electrons. The SMILES string of the molecule is CCOc1cc(C=C2C(=O)N(C)C(=S)N(C)C2=O)cc(I)c1OCc1ccccc1C#N. The minimum Gasteiger partial charge on any atom is -0.490 e. The molecule has 164 valence electrons. The molecule has 1 aliphatic rings. The Morgan fingerprint density at radius 3 is 2.41 bits per heavy atom. The molecule has 1 saturated heterocycles. The van der Waals surface area contributed by atoms with Crippen LogP contribution >= 0.6 is 34.8 Å². The lowest BCUT2D eigenvalue weighted by Crippen LogP contribution is -2.52. The van der Waals surface area contributed by atoms with Crippen LogP contribution in [0.3, 0.4) is 0 Å². The summed E-state index contributed by atoms with van der Waals surface area (Å²) in [6.07, 6.45) is 1.53. The molecule has 1 heterocycles. The second-order valence-electron chi connectivity index (χ2n) is 6.89. The number of hydrogen-bond acceptors (Lipinski definition) is 6. The summed E-state index contributed by atoms with van der Waals surface area (Å²) in [6.45, 7) is 2.45. The predicted octanol–water partition coefficient (Wildman–Crippen LogP) is 3.74. The Hall–Kier alpha value is -2.97. The van der Waals surface area contributed by atoms with E-state index in [2.05, 4.69) is 28.7 Å².